The van der Waals surface area contributed by atoms with Gasteiger partial charge in [0.15, 0.2) is 5.13 Å². The largest absolute Gasteiger partial charge is 0.487 e. The molecule has 1 atom stereocenters. The lowest BCUT2D eigenvalue weighted by molar-refractivity contribution is 0.178. The summed E-state index contributed by atoms with van der Waals surface area (Å²) >= 11 is 1.53. The van der Waals surface area contributed by atoms with Crippen LogP contribution in [0.25, 0.3) is 10.2 Å². The predicted molar refractivity (Wildman–Crippen MR) is 89.7 cm³/mol. The van der Waals surface area contributed by atoms with E-state index in [1.165, 1.54) is 17.4 Å². The molecule has 1 fully saturated rings. The summed E-state index contributed by atoms with van der Waals surface area (Å²) in [5, 5.41) is 0.935. The summed E-state index contributed by atoms with van der Waals surface area (Å²) in [5.41, 5.74) is 0.849. The Bertz CT molecular complexity index is 808. The minimum atomic E-state index is -0.218. The topological polar surface area (TPSA) is 38.2 Å². The maximum atomic E-state index is 13.3. The summed E-state index contributed by atoms with van der Waals surface area (Å²) in [5.74, 6) is 0.579. The van der Waals surface area contributed by atoms with E-state index >= 15 is 0 Å². The number of pyridine rings is 1. The zero-order valence-corrected chi connectivity index (χ0v) is 13.3. The van der Waals surface area contributed by atoms with Gasteiger partial charge in [0, 0.05) is 12.7 Å². The normalized spacial score (nSPS) is 18.3. The van der Waals surface area contributed by atoms with E-state index in [0.717, 1.165) is 47.0 Å². The number of fused-ring (bicyclic) bond motifs is 1. The van der Waals surface area contributed by atoms with Gasteiger partial charge in [-0.15, -0.1) is 0 Å². The monoisotopic (exact) mass is 329 g/mol. The number of aromatic nitrogens is 2. The van der Waals surface area contributed by atoms with Crippen molar-refractivity contribution in [1.82, 2.24) is 9.97 Å². The van der Waals surface area contributed by atoms with Crippen molar-refractivity contribution in [2.45, 2.75) is 18.9 Å². The van der Waals surface area contributed by atoms with Gasteiger partial charge in [-0.05, 0) is 43.2 Å². The van der Waals surface area contributed by atoms with Gasteiger partial charge in [0.05, 0.1) is 23.0 Å². The van der Waals surface area contributed by atoms with Crippen molar-refractivity contribution in [2.24, 2.45) is 0 Å². The molecule has 4 rings (SSSR count). The highest BCUT2D eigenvalue weighted by Crippen LogP contribution is 2.31. The van der Waals surface area contributed by atoms with Crippen LogP contribution in [0.4, 0.5) is 9.52 Å². The van der Waals surface area contributed by atoms with Gasteiger partial charge in [0.1, 0.15) is 17.7 Å². The molecule has 0 N–H and O–H groups in total. The van der Waals surface area contributed by atoms with E-state index < -0.39 is 0 Å². The molecule has 0 aliphatic carbocycles. The summed E-state index contributed by atoms with van der Waals surface area (Å²) in [6, 6.07) is 8.53. The number of nitrogens with zero attached hydrogens (tertiary/aromatic N) is 3. The van der Waals surface area contributed by atoms with Crippen LogP contribution in [0.2, 0.25) is 0 Å². The van der Waals surface area contributed by atoms with Crippen molar-refractivity contribution >= 4 is 26.7 Å². The van der Waals surface area contributed by atoms with Crippen LogP contribution in [-0.2, 0) is 0 Å². The van der Waals surface area contributed by atoms with Crippen molar-refractivity contribution < 1.29 is 9.13 Å². The molecule has 3 aromatic rings. The third kappa shape index (κ3) is 3.12. The Morgan fingerprint density at radius 1 is 1.30 bits per heavy atom. The van der Waals surface area contributed by atoms with Crippen molar-refractivity contribution in [3.05, 3.63) is 48.5 Å². The molecular formula is C17H16FN3OS. The highest BCUT2D eigenvalue weighted by molar-refractivity contribution is 7.22. The van der Waals surface area contributed by atoms with Gasteiger partial charge >= 0.3 is 0 Å². The lowest BCUT2D eigenvalue weighted by Crippen LogP contribution is -2.41. The second-order valence-electron chi connectivity index (χ2n) is 5.63. The van der Waals surface area contributed by atoms with Crippen molar-refractivity contribution in [3.8, 4) is 5.75 Å². The molecule has 2 aromatic heterocycles. The van der Waals surface area contributed by atoms with Gasteiger partial charge in [-0.25, -0.2) is 9.37 Å². The molecule has 0 amide bonds. The minimum absolute atomic E-state index is 0.122. The van der Waals surface area contributed by atoms with Gasteiger partial charge in [-0.1, -0.05) is 11.3 Å². The fraction of sp³-hybridized carbons (Fsp3) is 0.294. The smallest absolute Gasteiger partial charge is 0.186 e. The first-order valence-corrected chi connectivity index (χ1v) is 8.47. The molecule has 4 nitrogen and oxygen atoms in total. The lowest BCUT2D eigenvalue weighted by Gasteiger charge is -2.32. The summed E-state index contributed by atoms with van der Waals surface area (Å²) in [4.78, 5) is 10.9. The fourth-order valence-corrected chi connectivity index (χ4v) is 3.86. The van der Waals surface area contributed by atoms with Crippen LogP contribution in [0.1, 0.15) is 12.8 Å². The average Bonchev–Trinajstić information content (AvgIpc) is 2.99. The standard InChI is InChI=1S/C17H16FN3OS/c18-12-5-6-15-16(9-12)23-17(20-15)21-8-2-4-14(11-21)22-13-3-1-7-19-10-13/h1,3,5-7,9-10,14H,2,4,8,11H2. The van der Waals surface area contributed by atoms with Crippen molar-refractivity contribution in [3.63, 3.8) is 0 Å². The molecule has 0 bridgehead atoms. The molecular weight excluding hydrogens is 313 g/mol. The highest BCUT2D eigenvalue weighted by atomic mass is 32.1. The molecule has 118 valence electrons. The molecule has 6 heteroatoms. The molecule has 1 saturated heterocycles. The Hall–Kier alpha value is -2.21. The molecule has 3 heterocycles. The maximum absolute atomic E-state index is 13.3. The Morgan fingerprint density at radius 2 is 2.26 bits per heavy atom. The van der Waals surface area contributed by atoms with Crippen LogP contribution in [0, 0.1) is 5.82 Å². The molecule has 0 saturated carbocycles. The Morgan fingerprint density at radius 3 is 3.13 bits per heavy atom. The number of benzene rings is 1. The maximum Gasteiger partial charge on any atom is 0.186 e. The molecule has 23 heavy (non-hydrogen) atoms. The highest BCUT2D eigenvalue weighted by Gasteiger charge is 2.23. The predicted octanol–water partition coefficient (Wildman–Crippen LogP) is 3.88. The lowest BCUT2D eigenvalue weighted by atomic mass is 10.1. The summed E-state index contributed by atoms with van der Waals surface area (Å²) in [6.45, 7) is 1.74. The van der Waals surface area contributed by atoms with E-state index in [1.54, 1.807) is 24.5 Å². The summed E-state index contributed by atoms with van der Waals surface area (Å²) in [7, 11) is 0. The SMILES string of the molecule is Fc1ccc2nc(N3CCCC(Oc4cccnc4)C3)sc2c1. The first kappa shape index (κ1) is 14.4. The van der Waals surface area contributed by atoms with E-state index in [2.05, 4.69) is 14.9 Å². The Kier molecular flexibility index (Phi) is 3.83. The van der Waals surface area contributed by atoms with Gasteiger partial charge < -0.3 is 9.64 Å². The van der Waals surface area contributed by atoms with E-state index in [9.17, 15) is 4.39 Å². The third-order valence-corrected chi connectivity index (χ3v) is 5.00. The van der Waals surface area contributed by atoms with Crippen LogP contribution >= 0.6 is 11.3 Å². The first-order valence-electron chi connectivity index (χ1n) is 7.66. The second kappa shape index (κ2) is 6.12. The van der Waals surface area contributed by atoms with Gasteiger partial charge in [0.2, 0.25) is 0 Å². The number of hydrogen-bond acceptors (Lipinski definition) is 5. The summed E-state index contributed by atoms with van der Waals surface area (Å²) < 4.78 is 20.2. The summed E-state index contributed by atoms with van der Waals surface area (Å²) in [6.07, 6.45) is 5.66. The number of rotatable bonds is 3. The van der Waals surface area contributed by atoms with Crippen LogP contribution in [-0.4, -0.2) is 29.2 Å². The Balaban J connectivity index is 1.51. The molecule has 1 aromatic carbocycles. The average molecular weight is 329 g/mol. The minimum Gasteiger partial charge on any atom is -0.487 e. The molecule has 0 radical (unpaired) electrons. The zero-order valence-electron chi connectivity index (χ0n) is 12.5. The molecule has 0 spiro atoms. The van der Waals surface area contributed by atoms with Crippen LogP contribution in [0.3, 0.4) is 0 Å². The van der Waals surface area contributed by atoms with Crippen LogP contribution in [0.15, 0.2) is 42.7 Å². The number of hydrogen-bond donors (Lipinski definition) is 0. The van der Waals surface area contributed by atoms with Gasteiger partial charge in [-0.3, -0.25) is 4.98 Å². The molecule has 1 aliphatic heterocycles. The number of halogens is 1. The number of ether oxygens (including phenoxy) is 1. The van der Waals surface area contributed by atoms with E-state index in [1.807, 2.05) is 12.1 Å². The second-order valence-corrected chi connectivity index (χ2v) is 6.63. The van der Waals surface area contributed by atoms with Crippen LogP contribution < -0.4 is 9.64 Å². The Labute approximate surface area is 137 Å². The van der Waals surface area contributed by atoms with Gasteiger partial charge in [-0.2, -0.15) is 0 Å². The molecule has 1 aliphatic rings. The quantitative estimate of drug-likeness (QED) is 0.731. The number of piperidine rings is 1. The zero-order chi connectivity index (χ0) is 15.6. The number of thiazole rings is 1. The molecule has 1 unspecified atom stereocenters. The van der Waals surface area contributed by atoms with E-state index in [4.69, 9.17) is 4.74 Å². The van der Waals surface area contributed by atoms with Crippen molar-refractivity contribution in [1.29, 1.82) is 0 Å². The van der Waals surface area contributed by atoms with Crippen molar-refractivity contribution in [2.75, 3.05) is 18.0 Å². The van der Waals surface area contributed by atoms with E-state index in [-0.39, 0.29) is 11.9 Å². The van der Waals surface area contributed by atoms with Gasteiger partial charge in [0.25, 0.3) is 0 Å². The van der Waals surface area contributed by atoms with E-state index in [0.29, 0.717) is 0 Å². The number of anilines is 1. The fourth-order valence-electron chi connectivity index (χ4n) is 2.84. The third-order valence-electron chi connectivity index (χ3n) is 3.93. The van der Waals surface area contributed by atoms with Crippen LogP contribution in [0.5, 0.6) is 5.75 Å². The first-order chi connectivity index (χ1) is 11.3.